The third-order valence-electron chi connectivity index (χ3n) is 5.12. The number of hydrogen-bond acceptors (Lipinski definition) is 6. The van der Waals surface area contributed by atoms with E-state index in [1.807, 2.05) is 36.1 Å². The maximum absolute atomic E-state index is 13.0. The van der Waals surface area contributed by atoms with Crippen molar-refractivity contribution in [1.82, 2.24) is 14.9 Å². The molecule has 2 aromatic rings. The molecule has 2 aliphatic heterocycles. The molecule has 0 N–H and O–H groups in total. The van der Waals surface area contributed by atoms with Crippen molar-refractivity contribution < 1.29 is 23.0 Å². The number of amides is 1. The molecule has 0 aliphatic carbocycles. The number of aromatic nitrogens is 2. The molecule has 9 heteroatoms. The van der Waals surface area contributed by atoms with Crippen LogP contribution in [0.4, 0.5) is 14.7 Å². The molecule has 0 bridgehead atoms. The smallest absolute Gasteiger partial charge is 0.282 e. The predicted octanol–water partition coefficient (Wildman–Crippen LogP) is 3.01. The van der Waals surface area contributed by atoms with E-state index < -0.39 is 24.9 Å². The zero-order valence-electron chi connectivity index (χ0n) is 16.8. The lowest BCUT2D eigenvalue weighted by Crippen LogP contribution is -2.58. The van der Waals surface area contributed by atoms with Gasteiger partial charge in [0.1, 0.15) is 6.10 Å². The molecular weight excluding hydrogens is 394 g/mol. The first-order valence-corrected chi connectivity index (χ1v) is 10.1. The minimum Gasteiger partial charge on any atom is -0.490 e. The normalized spacial score (nSPS) is 20.4. The summed E-state index contributed by atoms with van der Waals surface area (Å²) in [6.45, 7) is 2.76. The van der Waals surface area contributed by atoms with Crippen LogP contribution in [0.2, 0.25) is 0 Å². The van der Waals surface area contributed by atoms with Crippen molar-refractivity contribution in [3.8, 4) is 11.5 Å². The molecule has 1 atom stereocenters. The average molecular weight is 418 g/mol. The average Bonchev–Trinajstić information content (AvgIpc) is 2.73. The number of para-hydroxylation sites is 2. The zero-order valence-corrected chi connectivity index (χ0v) is 16.8. The molecule has 4 rings (SSSR count). The SMILES string of the molecule is CCOc1ccccc1O[C@@H]1CCCN(c2ncc(C(=O)N3CC(F)(F)C3)cn2)C1. The van der Waals surface area contributed by atoms with Crippen molar-refractivity contribution in [3.05, 3.63) is 42.2 Å². The van der Waals surface area contributed by atoms with Crippen molar-refractivity contribution in [2.45, 2.75) is 31.8 Å². The topological polar surface area (TPSA) is 67.8 Å². The zero-order chi connectivity index (χ0) is 21.1. The molecule has 0 unspecified atom stereocenters. The van der Waals surface area contributed by atoms with E-state index in [0.29, 0.717) is 30.6 Å². The lowest BCUT2D eigenvalue weighted by molar-refractivity contribution is -0.113. The standard InChI is InChI=1S/C21H24F2N4O3/c1-2-29-17-7-3-4-8-18(17)30-16-6-5-9-26(12-16)20-24-10-15(11-25-20)19(28)27-13-21(22,23)14-27/h3-4,7-8,10-11,16H,2,5-6,9,12-14H2,1H3/t16-/m1/s1. The Balaban J connectivity index is 1.38. The Kier molecular flexibility index (Phi) is 5.69. The van der Waals surface area contributed by atoms with Crippen LogP contribution in [0.15, 0.2) is 36.7 Å². The number of ether oxygens (including phenoxy) is 2. The van der Waals surface area contributed by atoms with E-state index >= 15 is 0 Å². The summed E-state index contributed by atoms with van der Waals surface area (Å²) in [5.41, 5.74) is 0.213. The molecule has 2 fully saturated rings. The summed E-state index contributed by atoms with van der Waals surface area (Å²) in [6, 6.07) is 7.58. The Bertz CT molecular complexity index is 886. The van der Waals surface area contributed by atoms with Crippen LogP contribution in [0, 0.1) is 0 Å². The van der Waals surface area contributed by atoms with Gasteiger partial charge in [0.2, 0.25) is 5.95 Å². The van der Waals surface area contributed by atoms with E-state index in [0.717, 1.165) is 24.3 Å². The largest absolute Gasteiger partial charge is 0.490 e. The number of rotatable bonds is 6. The van der Waals surface area contributed by atoms with Crippen LogP contribution in [-0.2, 0) is 0 Å². The summed E-state index contributed by atoms with van der Waals surface area (Å²) >= 11 is 0. The lowest BCUT2D eigenvalue weighted by Gasteiger charge is -2.38. The summed E-state index contributed by atoms with van der Waals surface area (Å²) in [6.07, 6.45) is 4.56. The van der Waals surface area contributed by atoms with Gasteiger partial charge in [-0.05, 0) is 31.9 Å². The van der Waals surface area contributed by atoms with Crippen LogP contribution in [0.1, 0.15) is 30.1 Å². The Morgan fingerprint density at radius 2 is 1.90 bits per heavy atom. The molecule has 160 valence electrons. The van der Waals surface area contributed by atoms with Crippen LogP contribution in [0.3, 0.4) is 0 Å². The Hall–Kier alpha value is -2.97. The maximum Gasteiger partial charge on any atom is 0.282 e. The van der Waals surface area contributed by atoms with E-state index in [4.69, 9.17) is 9.47 Å². The van der Waals surface area contributed by atoms with Gasteiger partial charge in [0.15, 0.2) is 11.5 Å². The second kappa shape index (κ2) is 8.41. The van der Waals surface area contributed by atoms with Crippen molar-refractivity contribution in [2.24, 2.45) is 0 Å². The molecule has 0 radical (unpaired) electrons. The number of likely N-dealkylation sites (tertiary alicyclic amines) is 1. The first-order chi connectivity index (χ1) is 14.4. The fraction of sp³-hybridized carbons (Fsp3) is 0.476. The quantitative estimate of drug-likeness (QED) is 0.719. The molecule has 30 heavy (non-hydrogen) atoms. The highest BCUT2D eigenvalue weighted by Gasteiger charge is 2.46. The van der Waals surface area contributed by atoms with Crippen LogP contribution in [-0.4, -0.2) is 65.6 Å². The molecule has 2 saturated heterocycles. The van der Waals surface area contributed by atoms with E-state index in [1.165, 1.54) is 12.4 Å². The van der Waals surface area contributed by atoms with Gasteiger partial charge in [-0.3, -0.25) is 4.79 Å². The van der Waals surface area contributed by atoms with Gasteiger partial charge in [0, 0.05) is 18.9 Å². The first-order valence-electron chi connectivity index (χ1n) is 10.1. The maximum atomic E-state index is 13.0. The minimum atomic E-state index is -2.79. The van der Waals surface area contributed by atoms with Gasteiger partial charge in [0.25, 0.3) is 11.8 Å². The van der Waals surface area contributed by atoms with Crippen LogP contribution < -0.4 is 14.4 Å². The van der Waals surface area contributed by atoms with E-state index in [1.54, 1.807) is 0 Å². The molecule has 0 saturated carbocycles. The summed E-state index contributed by atoms with van der Waals surface area (Å²) in [5.74, 6) is -1.35. The molecule has 1 amide bonds. The van der Waals surface area contributed by atoms with Crippen LogP contribution in [0.25, 0.3) is 0 Å². The van der Waals surface area contributed by atoms with Crippen LogP contribution >= 0.6 is 0 Å². The van der Waals surface area contributed by atoms with Crippen molar-refractivity contribution in [2.75, 3.05) is 37.7 Å². The number of anilines is 1. The number of benzene rings is 1. The third-order valence-corrected chi connectivity index (χ3v) is 5.12. The Labute approximate surface area is 173 Å². The van der Waals surface area contributed by atoms with Gasteiger partial charge < -0.3 is 19.3 Å². The number of nitrogens with zero attached hydrogens (tertiary/aromatic N) is 4. The van der Waals surface area contributed by atoms with Crippen molar-refractivity contribution in [1.29, 1.82) is 0 Å². The van der Waals surface area contributed by atoms with Gasteiger partial charge in [-0.1, -0.05) is 12.1 Å². The van der Waals surface area contributed by atoms with E-state index in [-0.39, 0.29) is 11.7 Å². The first kappa shape index (κ1) is 20.3. The monoisotopic (exact) mass is 418 g/mol. The number of piperidine rings is 1. The highest BCUT2D eigenvalue weighted by atomic mass is 19.3. The lowest BCUT2D eigenvalue weighted by atomic mass is 10.1. The molecule has 1 aromatic carbocycles. The molecular formula is C21H24F2N4O3. The highest BCUT2D eigenvalue weighted by molar-refractivity contribution is 5.94. The van der Waals surface area contributed by atoms with E-state index in [2.05, 4.69) is 9.97 Å². The number of carbonyl (C=O) groups is 1. The fourth-order valence-electron chi connectivity index (χ4n) is 3.65. The van der Waals surface area contributed by atoms with Gasteiger partial charge in [-0.15, -0.1) is 0 Å². The summed E-state index contributed by atoms with van der Waals surface area (Å²) in [7, 11) is 0. The molecule has 7 nitrogen and oxygen atoms in total. The van der Waals surface area contributed by atoms with Gasteiger partial charge in [0.05, 0.1) is 31.8 Å². The Morgan fingerprint density at radius 3 is 2.57 bits per heavy atom. The highest BCUT2D eigenvalue weighted by Crippen LogP contribution is 2.30. The van der Waals surface area contributed by atoms with E-state index in [9.17, 15) is 13.6 Å². The predicted molar refractivity (Wildman–Crippen MR) is 106 cm³/mol. The summed E-state index contributed by atoms with van der Waals surface area (Å²) in [4.78, 5) is 23.9. The number of carbonyl (C=O) groups excluding carboxylic acids is 1. The molecule has 3 heterocycles. The van der Waals surface area contributed by atoms with Gasteiger partial charge >= 0.3 is 0 Å². The number of halogens is 2. The van der Waals surface area contributed by atoms with Crippen LogP contribution in [0.5, 0.6) is 11.5 Å². The minimum absolute atomic E-state index is 0.0476. The third kappa shape index (κ3) is 4.44. The second-order valence-electron chi connectivity index (χ2n) is 7.50. The van der Waals surface area contributed by atoms with Crippen molar-refractivity contribution >= 4 is 11.9 Å². The van der Waals surface area contributed by atoms with Gasteiger partial charge in [-0.2, -0.15) is 0 Å². The second-order valence-corrected chi connectivity index (χ2v) is 7.50. The summed E-state index contributed by atoms with van der Waals surface area (Å²) in [5, 5.41) is 0. The fourth-order valence-corrected chi connectivity index (χ4v) is 3.65. The Morgan fingerprint density at radius 1 is 1.20 bits per heavy atom. The molecule has 1 aromatic heterocycles. The molecule has 2 aliphatic rings. The summed E-state index contributed by atoms with van der Waals surface area (Å²) < 4.78 is 37.8. The number of hydrogen-bond donors (Lipinski definition) is 0. The van der Waals surface area contributed by atoms with Crippen molar-refractivity contribution in [3.63, 3.8) is 0 Å². The van der Waals surface area contributed by atoms with Gasteiger partial charge in [-0.25, -0.2) is 18.7 Å². The number of alkyl halides is 2. The molecule has 0 spiro atoms.